The van der Waals surface area contributed by atoms with Gasteiger partial charge in [-0.2, -0.15) is 0 Å². The fourth-order valence-electron chi connectivity index (χ4n) is 1.99. The van der Waals surface area contributed by atoms with Crippen molar-refractivity contribution in [1.82, 2.24) is 4.90 Å². The predicted molar refractivity (Wildman–Crippen MR) is 66.5 cm³/mol. The molecule has 92 valence electrons. The van der Waals surface area contributed by atoms with Gasteiger partial charge in [-0.1, -0.05) is 13.8 Å². The topological polar surface area (TPSA) is 38.5 Å². The summed E-state index contributed by atoms with van der Waals surface area (Å²) in [5, 5.41) is 0. The zero-order valence-corrected chi connectivity index (χ0v) is 10.8. The first-order valence-corrected chi connectivity index (χ1v) is 5.74. The molecule has 0 aromatic heterocycles. The Kier molecular flexibility index (Phi) is 8.43. The van der Waals surface area contributed by atoms with E-state index in [0.717, 1.165) is 25.0 Å². The predicted octanol–water partition coefficient (Wildman–Crippen LogP) is 1.36. The molecule has 1 rings (SSSR count). The Balaban J connectivity index is 0.00000196. The summed E-state index contributed by atoms with van der Waals surface area (Å²) in [6.07, 6.45) is 1.36. The molecular weight excluding hydrogens is 212 g/mol. The lowest BCUT2D eigenvalue weighted by Crippen LogP contribution is -2.26. The SMILES string of the molecule is CC(C)C1CCN(CCOCCN)C1.Cl. The van der Waals surface area contributed by atoms with Gasteiger partial charge < -0.3 is 15.4 Å². The summed E-state index contributed by atoms with van der Waals surface area (Å²) in [4.78, 5) is 2.50. The van der Waals surface area contributed by atoms with Crippen LogP contribution in [0.25, 0.3) is 0 Å². The van der Waals surface area contributed by atoms with E-state index in [1.807, 2.05) is 0 Å². The van der Waals surface area contributed by atoms with Crippen LogP contribution in [0.15, 0.2) is 0 Å². The molecule has 1 heterocycles. The largest absolute Gasteiger partial charge is 0.379 e. The summed E-state index contributed by atoms with van der Waals surface area (Å²) in [7, 11) is 0. The molecule has 1 saturated heterocycles. The van der Waals surface area contributed by atoms with Gasteiger partial charge >= 0.3 is 0 Å². The molecule has 3 nitrogen and oxygen atoms in total. The Labute approximate surface area is 99.7 Å². The van der Waals surface area contributed by atoms with Crippen molar-refractivity contribution in [3.8, 4) is 0 Å². The van der Waals surface area contributed by atoms with E-state index in [9.17, 15) is 0 Å². The molecule has 1 unspecified atom stereocenters. The van der Waals surface area contributed by atoms with E-state index in [1.54, 1.807) is 0 Å². The number of halogens is 1. The number of nitrogens with zero attached hydrogens (tertiary/aromatic N) is 1. The van der Waals surface area contributed by atoms with Crippen LogP contribution >= 0.6 is 12.4 Å². The second kappa shape index (κ2) is 8.34. The summed E-state index contributed by atoms with van der Waals surface area (Å²) in [6, 6.07) is 0. The number of likely N-dealkylation sites (tertiary alicyclic amines) is 1. The van der Waals surface area contributed by atoms with E-state index < -0.39 is 0 Å². The van der Waals surface area contributed by atoms with Crippen LogP contribution in [0.4, 0.5) is 0 Å². The molecule has 0 radical (unpaired) electrons. The Bertz CT molecular complexity index is 156. The van der Waals surface area contributed by atoms with Gasteiger partial charge in [-0.3, -0.25) is 0 Å². The number of ether oxygens (including phenoxy) is 1. The molecule has 0 bridgehead atoms. The standard InChI is InChI=1S/C11H24N2O.ClH/c1-10(2)11-3-5-13(9-11)6-8-14-7-4-12;/h10-11H,3-9,12H2,1-2H3;1H. The van der Waals surface area contributed by atoms with Gasteiger partial charge in [0.25, 0.3) is 0 Å². The molecule has 0 aromatic rings. The zero-order valence-electron chi connectivity index (χ0n) is 9.95. The highest BCUT2D eigenvalue weighted by atomic mass is 35.5. The minimum Gasteiger partial charge on any atom is -0.379 e. The number of hydrogen-bond donors (Lipinski definition) is 1. The average Bonchev–Trinajstić information content (AvgIpc) is 2.61. The van der Waals surface area contributed by atoms with Gasteiger partial charge in [0.15, 0.2) is 0 Å². The van der Waals surface area contributed by atoms with Crippen LogP contribution in [0.2, 0.25) is 0 Å². The molecule has 0 spiro atoms. The van der Waals surface area contributed by atoms with Crippen LogP contribution in [0.1, 0.15) is 20.3 Å². The van der Waals surface area contributed by atoms with Crippen LogP contribution < -0.4 is 5.73 Å². The van der Waals surface area contributed by atoms with Crippen LogP contribution in [-0.2, 0) is 4.74 Å². The summed E-state index contributed by atoms with van der Waals surface area (Å²) in [6.45, 7) is 10.4. The van der Waals surface area contributed by atoms with E-state index in [2.05, 4.69) is 18.7 Å². The maximum atomic E-state index is 5.37. The Morgan fingerprint density at radius 2 is 2.13 bits per heavy atom. The van der Waals surface area contributed by atoms with Crippen molar-refractivity contribution in [3.05, 3.63) is 0 Å². The summed E-state index contributed by atoms with van der Waals surface area (Å²) in [5.41, 5.74) is 5.35. The van der Waals surface area contributed by atoms with Crippen molar-refractivity contribution in [1.29, 1.82) is 0 Å². The highest BCUT2D eigenvalue weighted by Crippen LogP contribution is 2.22. The van der Waals surface area contributed by atoms with Gasteiger partial charge in [0.1, 0.15) is 0 Å². The third kappa shape index (κ3) is 5.71. The lowest BCUT2D eigenvalue weighted by molar-refractivity contribution is 0.115. The maximum Gasteiger partial charge on any atom is 0.0594 e. The second-order valence-corrected chi connectivity index (χ2v) is 4.49. The van der Waals surface area contributed by atoms with Gasteiger partial charge in [-0.25, -0.2) is 0 Å². The van der Waals surface area contributed by atoms with Crippen molar-refractivity contribution in [3.63, 3.8) is 0 Å². The minimum absolute atomic E-state index is 0. The molecule has 1 aliphatic heterocycles. The fourth-order valence-corrected chi connectivity index (χ4v) is 1.99. The molecule has 15 heavy (non-hydrogen) atoms. The van der Waals surface area contributed by atoms with Crippen molar-refractivity contribution in [2.24, 2.45) is 17.6 Å². The average molecular weight is 237 g/mol. The summed E-state index contributed by atoms with van der Waals surface area (Å²) in [5.74, 6) is 1.72. The Hall–Kier alpha value is 0.170. The molecule has 0 aromatic carbocycles. The zero-order chi connectivity index (χ0) is 10.4. The number of nitrogens with two attached hydrogens (primary N) is 1. The number of rotatable bonds is 6. The van der Waals surface area contributed by atoms with Gasteiger partial charge in [0.05, 0.1) is 13.2 Å². The van der Waals surface area contributed by atoms with Gasteiger partial charge in [0, 0.05) is 19.6 Å². The summed E-state index contributed by atoms with van der Waals surface area (Å²) >= 11 is 0. The van der Waals surface area contributed by atoms with E-state index in [0.29, 0.717) is 13.2 Å². The van der Waals surface area contributed by atoms with Crippen molar-refractivity contribution in [2.45, 2.75) is 20.3 Å². The Morgan fingerprint density at radius 3 is 2.67 bits per heavy atom. The molecule has 1 atom stereocenters. The van der Waals surface area contributed by atoms with Crippen LogP contribution in [0.3, 0.4) is 0 Å². The first kappa shape index (κ1) is 15.2. The van der Waals surface area contributed by atoms with E-state index in [1.165, 1.54) is 19.5 Å². The molecule has 0 aliphatic carbocycles. The Morgan fingerprint density at radius 1 is 1.40 bits per heavy atom. The molecule has 1 aliphatic rings. The van der Waals surface area contributed by atoms with Crippen molar-refractivity contribution >= 4 is 12.4 Å². The third-order valence-electron chi connectivity index (χ3n) is 3.07. The van der Waals surface area contributed by atoms with Gasteiger partial charge in [0.2, 0.25) is 0 Å². The van der Waals surface area contributed by atoms with Crippen molar-refractivity contribution < 1.29 is 4.74 Å². The first-order chi connectivity index (χ1) is 6.74. The third-order valence-corrected chi connectivity index (χ3v) is 3.07. The van der Waals surface area contributed by atoms with Crippen LogP contribution in [-0.4, -0.2) is 44.3 Å². The van der Waals surface area contributed by atoms with E-state index >= 15 is 0 Å². The highest BCUT2D eigenvalue weighted by Gasteiger charge is 2.23. The molecular formula is C11H25ClN2O. The van der Waals surface area contributed by atoms with Crippen LogP contribution in [0, 0.1) is 11.8 Å². The molecule has 4 heteroatoms. The van der Waals surface area contributed by atoms with E-state index in [4.69, 9.17) is 10.5 Å². The molecule has 1 fully saturated rings. The normalized spacial score (nSPS) is 22.0. The van der Waals surface area contributed by atoms with E-state index in [-0.39, 0.29) is 12.4 Å². The lowest BCUT2D eigenvalue weighted by atomic mass is 9.95. The van der Waals surface area contributed by atoms with Crippen LogP contribution in [0.5, 0.6) is 0 Å². The molecule has 0 amide bonds. The highest BCUT2D eigenvalue weighted by molar-refractivity contribution is 5.85. The minimum atomic E-state index is 0. The smallest absolute Gasteiger partial charge is 0.0594 e. The quantitative estimate of drug-likeness (QED) is 0.708. The summed E-state index contributed by atoms with van der Waals surface area (Å²) < 4.78 is 5.37. The molecule has 0 saturated carbocycles. The lowest BCUT2D eigenvalue weighted by Gasteiger charge is -2.17. The second-order valence-electron chi connectivity index (χ2n) is 4.49. The van der Waals surface area contributed by atoms with Gasteiger partial charge in [-0.15, -0.1) is 12.4 Å². The number of hydrogen-bond acceptors (Lipinski definition) is 3. The fraction of sp³-hybridized carbons (Fsp3) is 1.00. The van der Waals surface area contributed by atoms with Crippen molar-refractivity contribution in [2.75, 3.05) is 39.4 Å². The monoisotopic (exact) mass is 236 g/mol. The van der Waals surface area contributed by atoms with Gasteiger partial charge in [-0.05, 0) is 24.8 Å². The maximum absolute atomic E-state index is 5.37. The first-order valence-electron chi connectivity index (χ1n) is 5.74. The molecule has 2 N–H and O–H groups in total.